The van der Waals surface area contributed by atoms with Crippen molar-refractivity contribution in [3.05, 3.63) is 60.2 Å². The summed E-state index contributed by atoms with van der Waals surface area (Å²) in [6, 6.07) is 6.48. The molecule has 0 aromatic carbocycles. The molecular weight excluding hydrogens is 568 g/mol. The van der Waals surface area contributed by atoms with Crippen molar-refractivity contribution in [3.63, 3.8) is 0 Å². The van der Waals surface area contributed by atoms with Crippen molar-refractivity contribution in [1.82, 2.24) is 19.8 Å². The highest BCUT2D eigenvalue weighted by Crippen LogP contribution is 2.39. The Morgan fingerprint density at radius 1 is 0.682 bits per heavy atom. The average Bonchev–Trinajstić information content (AvgIpc) is 3.62. The monoisotopic (exact) mass is 612 g/mol. The van der Waals surface area contributed by atoms with Crippen molar-refractivity contribution in [1.29, 1.82) is 0 Å². The number of carbonyl (C=O) groups excluding carboxylic acids is 4. The molecule has 0 spiro atoms. The third kappa shape index (κ3) is 8.90. The predicted molar refractivity (Wildman–Crippen MR) is 160 cm³/mol. The predicted octanol–water partition coefficient (Wildman–Crippen LogP) is 5.11. The van der Waals surface area contributed by atoms with E-state index in [0.29, 0.717) is 25.9 Å². The second-order valence-corrected chi connectivity index (χ2v) is 12.6. The van der Waals surface area contributed by atoms with Gasteiger partial charge in [0.25, 0.3) is 0 Å². The molecule has 0 aliphatic carbocycles. The van der Waals surface area contributed by atoms with E-state index < -0.39 is 47.3 Å². The molecule has 2 amide bonds. The van der Waals surface area contributed by atoms with Crippen molar-refractivity contribution >= 4 is 24.1 Å². The normalized spacial score (nSPS) is 21.5. The average molecular weight is 613 g/mol. The van der Waals surface area contributed by atoms with E-state index in [1.165, 1.54) is 14.2 Å². The highest BCUT2D eigenvalue weighted by molar-refractivity contribution is 5.78. The molecule has 0 radical (unpaired) electrons. The molecule has 0 N–H and O–H groups in total. The lowest BCUT2D eigenvalue weighted by Crippen LogP contribution is -2.38. The summed E-state index contributed by atoms with van der Waals surface area (Å²) in [6.07, 6.45) is 6.90. The summed E-state index contributed by atoms with van der Waals surface area (Å²) in [5, 5.41) is 0. The van der Waals surface area contributed by atoms with Crippen LogP contribution in [0.1, 0.15) is 77.6 Å². The second-order valence-electron chi connectivity index (χ2n) is 12.6. The number of pyridine rings is 2. The Balaban J connectivity index is 0.000000240. The summed E-state index contributed by atoms with van der Waals surface area (Å²) < 4.78 is 20.7. The summed E-state index contributed by atoms with van der Waals surface area (Å²) in [7, 11) is 2.72. The van der Waals surface area contributed by atoms with E-state index in [4.69, 9.17) is 18.9 Å². The SMILES string of the molecule is COC(=O)[C@@H]1CCN(C(=O)OC(C)(C)C)[C@H]1c1cccnc1.COC(=O)[C@H]1CCN(C(=O)OC(C)(C)C)[C@@H]1c1cccnc1. The minimum Gasteiger partial charge on any atom is -0.469 e. The molecule has 4 atom stereocenters. The number of nitrogens with zero attached hydrogens (tertiary/aromatic N) is 4. The molecule has 0 bridgehead atoms. The van der Waals surface area contributed by atoms with Crippen molar-refractivity contribution in [2.45, 2.75) is 77.7 Å². The maximum Gasteiger partial charge on any atom is 0.410 e. The van der Waals surface area contributed by atoms with Crippen LogP contribution >= 0.6 is 0 Å². The van der Waals surface area contributed by atoms with E-state index in [-0.39, 0.29) is 11.9 Å². The van der Waals surface area contributed by atoms with E-state index in [1.807, 2.05) is 53.7 Å². The molecule has 44 heavy (non-hydrogen) atoms. The van der Waals surface area contributed by atoms with Gasteiger partial charge in [0.1, 0.15) is 11.2 Å². The van der Waals surface area contributed by atoms with Gasteiger partial charge in [-0.3, -0.25) is 19.6 Å². The Morgan fingerprint density at radius 3 is 1.32 bits per heavy atom. The van der Waals surface area contributed by atoms with Gasteiger partial charge in [0.15, 0.2) is 0 Å². The van der Waals surface area contributed by atoms with Crippen LogP contribution in [0.2, 0.25) is 0 Å². The Morgan fingerprint density at radius 2 is 1.05 bits per heavy atom. The Labute approximate surface area is 259 Å². The van der Waals surface area contributed by atoms with Crippen LogP contribution in [0.3, 0.4) is 0 Å². The van der Waals surface area contributed by atoms with E-state index >= 15 is 0 Å². The number of hydrogen-bond donors (Lipinski definition) is 0. The fourth-order valence-corrected chi connectivity index (χ4v) is 5.36. The van der Waals surface area contributed by atoms with Crippen LogP contribution in [0.5, 0.6) is 0 Å². The van der Waals surface area contributed by atoms with Gasteiger partial charge in [-0.1, -0.05) is 12.1 Å². The molecule has 2 fully saturated rings. The smallest absolute Gasteiger partial charge is 0.410 e. The summed E-state index contributed by atoms with van der Waals surface area (Å²) in [5.74, 6) is -1.44. The zero-order valence-electron chi connectivity index (χ0n) is 26.8. The number of esters is 2. The largest absolute Gasteiger partial charge is 0.469 e. The lowest BCUT2D eigenvalue weighted by atomic mass is 9.95. The number of amides is 2. The number of carbonyl (C=O) groups is 4. The number of aromatic nitrogens is 2. The number of methoxy groups -OCH3 is 2. The van der Waals surface area contributed by atoms with Crippen LogP contribution in [0.4, 0.5) is 9.59 Å². The molecule has 12 heteroatoms. The molecule has 2 saturated heterocycles. The van der Waals surface area contributed by atoms with Crippen LogP contribution in [0, 0.1) is 11.8 Å². The molecular formula is C32H44N4O8. The Hall–Kier alpha value is -4.22. The Kier molecular flexibility index (Phi) is 11.3. The van der Waals surface area contributed by atoms with Crippen LogP contribution in [0.15, 0.2) is 49.1 Å². The number of hydrogen-bond acceptors (Lipinski definition) is 10. The first-order valence-electron chi connectivity index (χ1n) is 14.6. The van der Waals surface area contributed by atoms with Crippen LogP contribution < -0.4 is 0 Å². The van der Waals surface area contributed by atoms with Crippen molar-refractivity contribution in [3.8, 4) is 0 Å². The molecule has 2 aliphatic heterocycles. The third-order valence-electron chi connectivity index (χ3n) is 7.11. The van der Waals surface area contributed by atoms with Gasteiger partial charge in [-0.05, 0) is 77.6 Å². The number of rotatable bonds is 4. The van der Waals surface area contributed by atoms with Gasteiger partial charge in [-0.2, -0.15) is 0 Å². The van der Waals surface area contributed by atoms with Gasteiger partial charge in [0.2, 0.25) is 0 Å². The fourth-order valence-electron chi connectivity index (χ4n) is 5.36. The van der Waals surface area contributed by atoms with Gasteiger partial charge < -0.3 is 28.7 Å². The number of likely N-dealkylation sites (tertiary alicyclic amines) is 2. The first-order valence-corrected chi connectivity index (χ1v) is 14.6. The molecule has 0 unspecified atom stereocenters. The topological polar surface area (TPSA) is 137 Å². The van der Waals surface area contributed by atoms with Gasteiger partial charge in [-0.15, -0.1) is 0 Å². The van der Waals surface area contributed by atoms with Gasteiger partial charge in [0, 0.05) is 37.9 Å². The molecule has 2 aromatic heterocycles. The molecule has 2 aliphatic rings. The minimum absolute atomic E-state index is 0.320. The van der Waals surface area contributed by atoms with Crippen LogP contribution in [-0.4, -0.2) is 82.4 Å². The Bertz CT molecular complexity index is 1180. The summed E-state index contributed by atoms with van der Waals surface area (Å²) >= 11 is 0. The van der Waals surface area contributed by atoms with E-state index in [0.717, 1.165) is 11.1 Å². The highest BCUT2D eigenvalue weighted by atomic mass is 16.6. The first kappa shape index (κ1) is 34.3. The second kappa shape index (κ2) is 14.5. The van der Waals surface area contributed by atoms with E-state index in [2.05, 4.69) is 9.97 Å². The van der Waals surface area contributed by atoms with Gasteiger partial charge in [-0.25, -0.2) is 9.59 Å². The zero-order chi connectivity index (χ0) is 32.7. The quantitative estimate of drug-likeness (QED) is 0.338. The maximum atomic E-state index is 12.4. The van der Waals surface area contributed by atoms with Crippen LogP contribution in [-0.2, 0) is 28.5 Å². The lowest BCUT2D eigenvalue weighted by molar-refractivity contribution is -0.147. The molecule has 2 aromatic rings. The van der Waals surface area contributed by atoms with Gasteiger partial charge >= 0.3 is 24.1 Å². The third-order valence-corrected chi connectivity index (χ3v) is 7.11. The van der Waals surface area contributed by atoms with E-state index in [9.17, 15) is 19.2 Å². The standard InChI is InChI=1S/2C16H22N2O4/c2*1-16(2,3)22-15(20)18-9-7-12(14(19)21-4)13(18)11-6-5-8-17-10-11/h2*5-6,8,10,12-13H,7,9H2,1-4H3/t2*12-,13+/m10/s1. The first-order chi connectivity index (χ1) is 20.7. The van der Waals surface area contributed by atoms with Crippen molar-refractivity contribution in [2.24, 2.45) is 11.8 Å². The minimum atomic E-state index is -0.583. The van der Waals surface area contributed by atoms with Crippen LogP contribution in [0.25, 0.3) is 0 Å². The molecule has 12 nitrogen and oxygen atoms in total. The summed E-state index contributed by atoms with van der Waals surface area (Å²) in [5.41, 5.74) is 0.447. The van der Waals surface area contributed by atoms with Gasteiger partial charge in [0.05, 0.1) is 38.1 Å². The van der Waals surface area contributed by atoms with Crippen molar-refractivity contribution in [2.75, 3.05) is 27.3 Å². The summed E-state index contributed by atoms with van der Waals surface area (Å²) in [4.78, 5) is 60.3. The van der Waals surface area contributed by atoms with Crippen molar-refractivity contribution < 1.29 is 38.1 Å². The molecule has 240 valence electrons. The maximum absolute atomic E-state index is 12.4. The lowest BCUT2D eigenvalue weighted by Gasteiger charge is -2.30. The highest BCUT2D eigenvalue weighted by Gasteiger charge is 2.45. The molecule has 4 heterocycles. The fraction of sp³-hybridized carbons (Fsp3) is 0.562. The number of ether oxygens (including phenoxy) is 4. The molecule has 4 rings (SSSR count). The summed E-state index contributed by atoms with van der Waals surface area (Å²) in [6.45, 7) is 11.8. The van der Waals surface area contributed by atoms with E-state index in [1.54, 1.807) is 46.7 Å². The molecule has 0 saturated carbocycles. The zero-order valence-corrected chi connectivity index (χ0v) is 26.8.